The second-order valence-corrected chi connectivity index (χ2v) is 7.21. The van der Waals surface area contributed by atoms with Gasteiger partial charge in [0.2, 0.25) is 0 Å². The van der Waals surface area contributed by atoms with E-state index < -0.39 is 0 Å². The van der Waals surface area contributed by atoms with Crippen LogP contribution in [0.1, 0.15) is 43.2 Å². The zero-order valence-electron chi connectivity index (χ0n) is 15.7. The fourth-order valence-corrected chi connectivity index (χ4v) is 3.65. The van der Waals surface area contributed by atoms with Crippen molar-refractivity contribution in [3.05, 3.63) is 35.4 Å². The summed E-state index contributed by atoms with van der Waals surface area (Å²) in [5, 5.41) is 16.0. The highest BCUT2D eigenvalue weighted by molar-refractivity contribution is 5.76. The second-order valence-electron chi connectivity index (χ2n) is 7.21. The lowest BCUT2D eigenvalue weighted by Gasteiger charge is -2.54. The van der Waals surface area contributed by atoms with E-state index >= 15 is 0 Å². The summed E-state index contributed by atoms with van der Waals surface area (Å²) in [6.45, 7) is 3.35. The Morgan fingerprint density at radius 2 is 2.00 bits per heavy atom. The molecule has 3 N–H and O–H groups in total. The summed E-state index contributed by atoms with van der Waals surface area (Å²) in [4.78, 5) is 14.3. The minimum Gasteiger partial charge on any atom is -0.394 e. The molecule has 2 amide bonds. The predicted octanol–water partition coefficient (Wildman–Crippen LogP) is 1.92. The van der Waals surface area contributed by atoms with Gasteiger partial charge in [-0.05, 0) is 44.0 Å². The highest BCUT2D eigenvalue weighted by Gasteiger charge is 2.50. The Hall–Kier alpha value is -2.03. The summed E-state index contributed by atoms with van der Waals surface area (Å²) in [6, 6.07) is 8.05. The van der Waals surface area contributed by atoms with Gasteiger partial charge in [-0.25, -0.2) is 4.79 Å². The van der Waals surface area contributed by atoms with Gasteiger partial charge in [0.05, 0.1) is 18.7 Å². The van der Waals surface area contributed by atoms with Crippen molar-refractivity contribution in [3.63, 3.8) is 0 Å². The smallest absolute Gasteiger partial charge is 0.318 e. The van der Waals surface area contributed by atoms with Crippen molar-refractivity contribution in [2.24, 2.45) is 5.92 Å². The third-order valence-electron chi connectivity index (χ3n) is 5.20. The van der Waals surface area contributed by atoms with Crippen LogP contribution in [-0.4, -0.2) is 54.9 Å². The summed E-state index contributed by atoms with van der Waals surface area (Å²) in [5.41, 5.74) is 2.18. The summed E-state index contributed by atoms with van der Waals surface area (Å²) < 4.78 is 0. The number of amides is 2. The third kappa shape index (κ3) is 4.03. The van der Waals surface area contributed by atoms with Crippen LogP contribution >= 0.6 is 0 Å². The Kier molecular flexibility index (Phi) is 6.18. The average Bonchev–Trinajstić information content (AvgIpc) is 3.47. The van der Waals surface area contributed by atoms with Crippen LogP contribution in [0.2, 0.25) is 0 Å². The van der Waals surface area contributed by atoms with E-state index in [9.17, 15) is 9.90 Å². The van der Waals surface area contributed by atoms with E-state index in [1.807, 2.05) is 14.0 Å². The first kappa shape index (κ1) is 18.8. The molecular weight excluding hydrogens is 326 g/mol. The average molecular weight is 355 g/mol. The number of hydrogen-bond donors (Lipinski definition) is 3. The minimum atomic E-state index is -0.186. The van der Waals surface area contributed by atoms with Crippen LogP contribution in [-0.2, 0) is 0 Å². The number of nitrogens with one attached hydrogen (secondary N) is 2. The normalized spacial score (nSPS) is 24.4. The molecule has 2 fully saturated rings. The Labute approximate surface area is 156 Å². The van der Waals surface area contributed by atoms with Crippen molar-refractivity contribution in [1.29, 1.82) is 0 Å². The van der Waals surface area contributed by atoms with E-state index in [0.29, 0.717) is 19.0 Å². The van der Waals surface area contributed by atoms with E-state index in [0.717, 1.165) is 17.5 Å². The molecule has 5 heteroatoms. The van der Waals surface area contributed by atoms with Gasteiger partial charge in [0.25, 0.3) is 0 Å². The van der Waals surface area contributed by atoms with Gasteiger partial charge in [-0.2, -0.15) is 0 Å². The Balaban J connectivity index is 1.74. The molecule has 1 saturated carbocycles. The van der Waals surface area contributed by atoms with Crippen LogP contribution in [0, 0.1) is 17.8 Å². The first-order valence-corrected chi connectivity index (χ1v) is 9.62. The van der Waals surface area contributed by atoms with Gasteiger partial charge >= 0.3 is 6.03 Å². The van der Waals surface area contributed by atoms with Crippen molar-refractivity contribution < 1.29 is 9.90 Å². The van der Waals surface area contributed by atoms with Crippen LogP contribution in [0.3, 0.4) is 0 Å². The second kappa shape index (κ2) is 8.57. The number of likely N-dealkylation sites (tertiary alicyclic amines) is 1. The molecule has 1 aliphatic heterocycles. The van der Waals surface area contributed by atoms with Crippen molar-refractivity contribution in [1.82, 2.24) is 15.5 Å². The molecule has 5 nitrogen and oxygen atoms in total. The van der Waals surface area contributed by atoms with Crippen LogP contribution in [0.15, 0.2) is 24.3 Å². The molecule has 0 bridgehead atoms. The molecule has 0 radical (unpaired) electrons. The highest BCUT2D eigenvalue weighted by atomic mass is 16.3. The van der Waals surface area contributed by atoms with Crippen molar-refractivity contribution in [2.75, 3.05) is 26.7 Å². The summed E-state index contributed by atoms with van der Waals surface area (Å²) in [7, 11) is 1.89. The molecule has 0 spiro atoms. The van der Waals surface area contributed by atoms with Crippen LogP contribution in [0.4, 0.5) is 4.79 Å². The number of rotatable bonds is 6. The van der Waals surface area contributed by atoms with Crippen molar-refractivity contribution in [3.8, 4) is 11.8 Å². The van der Waals surface area contributed by atoms with E-state index in [1.54, 1.807) is 4.90 Å². The lowest BCUT2D eigenvalue weighted by Crippen LogP contribution is -2.69. The van der Waals surface area contributed by atoms with Crippen molar-refractivity contribution in [2.45, 2.75) is 44.2 Å². The lowest BCUT2D eigenvalue weighted by molar-refractivity contribution is -0.00650. The Morgan fingerprint density at radius 3 is 2.58 bits per heavy atom. The Bertz CT molecular complexity index is 673. The molecule has 3 rings (SSSR count). The maximum atomic E-state index is 12.5. The van der Waals surface area contributed by atoms with Crippen LogP contribution < -0.4 is 10.6 Å². The topological polar surface area (TPSA) is 64.6 Å². The van der Waals surface area contributed by atoms with Gasteiger partial charge < -0.3 is 20.6 Å². The molecule has 2 aliphatic rings. The molecule has 0 unspecified atom stereocenters. The number of nitrogens with zero attached hydrogens (tertiary/aromatic N) is 1. The SMILES string of the molecule is CCCNC(=O)N1[C@H](CO)[C@H](c2ccc(C#CC3CC3)cc2)[C@H]1CNC. The first-order chi connectivity index (χ1) is 12.7. The fraction of sp³-hybridized carbons (Fsp3) is 0.571. The van der Waals surface area contributed by atoms with Gasteiger partial charge in [0, 0.05) is 30.5 Å². The molecule has 1 aromatic rings. The number of aliphatic hydroxyl groups excluding tert-OH is 1. The van der Waals surface area contributed by atoms with E-state index in [-0.39, 0.29) is 30.6 Å². The monoisotopic (exact) mass is 355 g/mol. The molecule has 140 valence electrons. The maximum Gasteiger partial charge on any atom is 0.318 e. The number of urea groups is 1. The predicted molar refractivity (Wildman–Crippen MR) is 103 cm³/mol. The number of carbonyl (C=O) groups is 1. The van der Waals surface area contributed by atoms with E-state index in [1.165, 1.54) is 12.8 Å². The Morgan fingerprint density at radius 1 is 1.27 bits per heavy atom. The quantitative estimate of drug-likeness (QED) is 0.683. The zero-order valence-corrected chi connectivity index (χ0v) is 15.7. The number of carbonyl (C=O) groups excluding carboxylic acids is 1. The molecule has 0 aromatic heterocycles. The molecule has 1 saturated heterocycles. The molecule has 26 heavy (non-hydrogen) atoms. The highest BCUT2D eigenvalue weighted by Crippen LogP contribution is 2.40. The van der Waals surface area contributed by atoms with Gasteiger partial charge in [-0.1, -0.05) is 30.9 Å². The lowest BCUT2D eigenvalue weighted by atomic mass is 9.75. The van der Waals surface area contributed by atoms with E-state index in [2.05, 4.69) is 46.7 Å². The van der Waals surface area contributed by atoms with Crippen molar-refractivity contribution >= 4 is 6.03 Å². The summed E-state index contributed by atoms with van der Waals surface area (Å²) in [5.74, 6) is 7.24. The van der Waals surface area contributed by atoms with Crippen LogP contribution in [0.5, 0.6) is 0 Å². The zero-order chi connectivity index (χ0) is 18.5. The number of aliphatic hydroxyl groups is 1. The van der Waals surface area contributed by atoms with Gasteiger partial charge in [-0.3, -0.25) is 0 Å². The fourth-order valence-electron chi connectivity index (χ4n) is 3.65. The third-order valence-corrected chi connectivity index (χ3v) is 5.20. The molecule has 3 atom stereocenters. The van der Waals surface area contributed by atoms with Gasteiger partial charge in [-0.15, -0.1) is 0 Å². The summed E-state index contributed by atoms with van der Waals surface area (Å²) >= 11 is 0. The molecule has 1 aliphatic carbocycles. The standard InChI is InChI=1S/C21H29N3O2/c1-3-12-23-21(26)24-18(13-22-2)20(19(24)14-25)17-10-8-16(9-11-17)7-6-15-4-5-15/h8-11,15,18-20,22,25H,3-5,12-14H2,1-2H3,(H,23,26)/t18-,19-,20-/m1/s1. The van der Waals surface area contributed by atoms with E-state index in [4.69, 9.17) is 0 Å². The number of benzene rings is 1. The molecular formula is C21H29N3O2. The first-order valence-electron chi connectivity index (χ1n) is 9.62. The number of hydrogen-bond acceptors (Lipinski definition) is 3. The summed E-state index contributed by atoms with van der Waals surface area (Å²) in [6.07, 6.45) is 3.35. The van der Waals surface area contributed by atoms with Gasteiger partial charge in [0.15, 0.2) is 0 Å². The largest absolute Gasteiger partial charge is 0.394 e. The maximum absolute atomic E-state index is 12.5. The molecule has 1 heterocycles. The number of likely N-dealkylation sites (N-methyl/N-ethyl adjacent to an activating group) is 1. The minimum absolute atomic E-state index is 0.0341. The molecule has 1 aromatic carbocycles. The van der Waals surface area contributed by atoms with Crippen LogP contribution in [0.25, 0.3) is 0 Å². The van der Waals surface area contributed by atoms with Gasteiger partial charge in [0.1, 0.15) is 0 Å².